The number of carbonyl (C=O) groups excluding carboxylic acids is 1. The molecule has 0 aromatic carbocycles. The Bertz CT molecular complexity index is 1880. The minimum atomic E-state index is -1.98. The van der Waals surface area contributed by atoms with Crippen LogP contribution in [0.5, 0.6) is 0 Å². The van der Waals surface area contributed by atoms with E-state index in [2.05, 4.69) is 43.5 Å². The van der Waals surface area contributed by atoms with Gasteiger partial charge in [-0.1, -0.05) is 301 Å². The predicted octanol–water partition coefficient (Wildman–Crippen LogP) is 12.3. The zero-order chi connectivity index (χ0) is 69.6. The molecule has 12 N–H and O–H groups in total. The topological polar surface area (TPSA) is 307 Å². The second-order valence-electron chi connectivity index (χ2n) is 28.2. The summed E-state index contributed by atoms with van der Waals surface area (Å²) in [6, 6.07) is -0.994. The molecule has 3 aliphatic heterocycles. The van der Waals surface area contributed by atoms with Gasteiger partial charge in [0.05, 0.1) is 38.6 Å². The maximum atomic E-state index is 13.4. The number of ether oxygens (including phenoxy) is 6. The van der Waals surface area contributed by atoms with E-state index < -0.39 is 124 Å². The number of rotatable bonds is 62. The van der Waals surface area contributed by atoms with Crippen LogP contribution in [0.1, 0.15) is 316 Å². The van der Waals surface area contributed by atoms with E-state index >= 15 is 0 Å². The van der Waals surface area contributed by atoms with Crippen LogP contribution in [-0.2, 0) is 33.2 Å². The van der Waals surface area contributed by atoms with Crippen LogP contribution in [0.25, 0.3) is 0 Å². The molecule has 0 spiro atoms. The molecule has 3 heterocycles. The van der Waals surface area contributed by atoms with E-state index in [1.807, 2.05) is 6.08 Å². The normalized spacial score (nSPS) is 27.2. The number of hydrogen-bond donors (Lipinski definition) is 12. The Morgan fingerprint density at radius 3 is 1.04 bits per heavy atom. The first-order chi connectivity index (χ1) is 46.8. The number of nitrogens with one attached hydrogen (secondary N) is 1. The van der Waals surface area contributed by atoms with Gasteiger partial charge in [0.15, 0.2) is 18.9 Å². The van der Waals surface area contributed by atoms with Gasteiger partial charge >= 0.3 is 0 Å². The highest BCUT2D eigenvalue weighted by atomic mass is 16.8. The summed E-state index contributed by atoms with van der Waals surface area (Å²) < 4.78 is 34.3. The second kappa shape index (κ2) is 58.5. The van der Waals surface area contributed by atoms with Crippen molar-refractivity contribution in [3.05, 3.63) is 36.5 Å². The lowest BCUT2D eigenvalue weighted by Crippen LogP contribution is -2.66. The van der Waals surface area contributed by atoms with Gasteiger partial charge < -0.3 is 89.9 Å². The SMILES string of the molecule is CCCCCC/C=C/CC/C=C/CC/C=C/C(O)C(COC1OC(CO)C(OC2OC(CO)C(OC3OC(CO)C(O)C(O)C3O)C(O)C2O)C(O)C1O)NC(=O)CCCCCCCCCCCCCCCCCCCCCCCCCCCCCCCCCCCCCCC. The van der Waals surface area contributed by atoms with Crippen molar-refractivity contribution in [2.45, 2.75) is 420 Å². The average molecular weight is 1370 g/mol. The zero-order valence-electron chi connectivity index (χ0n) is 60.1. The number of hydrogen-bond acceptors (Lipinski definition) is 18. The zero-order valence-corrected chi connectivity index (χ0v) is 60.1. The maximum absolute atomic E-state index is 13.4. The molecule has 17 atom stereocenters. The predicted molar refractivity (Wildman–Crippen MR) is 379 cm³/mol. The van der Waals surface area contributed by atoms with Gasteiger partial charge in [0.2, 0.25) is 5.91 Å². The first-order valence-corrected chi connectivity index (χ1v) is 39.2. The van der Waals surface area contributed by atoms with Gasteiger partial charge in [-0.05, 0) is 44.9 Å². The lowest BCUT2D eigenvalue weighted by Gasteiger charge is -2.48. The molecule has 0 saturated carbocycles. The van der Waals surface area contributed by atoms with Crippen LogP contribution in [0.4, 0.5) is 0 Å². The van der Waals surface area contributed by atoms with Crippen molar-refractivity contribution in [2.75, 3.05) is 26.4 Å². The summed E-state index contributed by atoms with van der Waals surface area (Å²) in [6.07, 6.45) is 44.6. The van der Waals surface area contributed by atoms with Crippen LogP contribution in [0, 0.1) is 0 Å². The van der Waals surface area contributed by atoms with E-state index in [1.54, 1.807) is 6.08 Å². The van der Waals surface area contributed by atoms with Crippen LogP contribution < -0.4 is 5.32 Å². The van der Waals surface area contributed by atoms with Gasteiger partial charge in [-0.2, -0.15) is 0 Å². The highest BCUT2D eigenvalue weighted by molar-refractivity contribution is 5.76. The Morgan fingerprint density at radius 1 is 0.365 bits per heavy atom. The third kappa shape index (κ3) is 38.9. The molecule has 564 valence electrons. The number of allylic oxidation sites excluding steroid dienone is 5. The summed E-state index contributed by atoms with van der Waals surface area (Å²) in [5, 5.41) is 121. The highest BCUT2D eigenvalue weighted by Crippen LogP contribution is 2.33. The molecule has 1 amide bonds. The van der Waals surface area contributed by atoms with Crippen LogP contribution >= 0.6 is 0 Å². The van der Waals surface area contributed by atoms with Gasteiger partial charge in [0.1, 0.15) is 73.2 Å². The highest BCUT2D eigenvalue weighted by Gasteiger charge is 2.53. The largest absolute Gasteiger partial charge is 0.394 e. The number of carbonyl (C=O) groups is 1. The van der Waals surface area contributed by atoms with Crippen molar-refractivity contribution in [1.29, 1.82) is 0 Å². The summed E-state index contributed by atoms with van der Waals surface area (Å²) in [4.78, 5) is 13.4. The molecule has 0 aromatic rings. The van der Waals surface area contributed by atoms with Crippen molar-refractivity contribution < 1.29 is 89.4 Å². The molecule has 3 aliphatic rings. The lowest BCUT2D eigenvalue weighted by atomic mass is 9.96. The fourth-order valence-electron chi connectivity index (χ4n) is 13.3. The third-order valence-corrected chi connectivity index (χ3v) is 19.7. The van der Waals surface area contributed by atoms with Crippen molar-refractivity contribution in [1.82, 2.24) is 5.32 Å². The van der Waals surface area contributed by atoms with Gasteiger partial charge in [-0.25, -0.2) is 0 Å². The van der Waals surface area contributed by atoms with E-state index in [1.165, 1.54) is 238 Å². The molecular weight excluding hydrogens is 1230 g/mol. The van der Waals surface area contributed by atoms with Gasteiger partial charge in [0.25, 0.3) is 0 Å². The van der Waals surface area contributed by atoms with Crippen molar-refractivity contribution in [3.63, 3.8) is 0 Å². The average Bonchev–Trinajstić information content (AvgIpc) is 0.787. The van der Waals surface area contributed by atoms with E-state index in [-0.39, 0.29) is 18.9 Å². The van der Waals surface area contributed by atoms with E-state index in [0.717, 1.165) is 44.9 Å². The molecule has 3 saturated heterocycles. The molecule has 17 unspecified atom stereocenters. The Labute approximate surface area is 581 Å². The standard InChI is InChI=1S/C77H143NO18/c1-3-5-7-9-11-13-15-17-19-20-21-22-23-24-25-26-27-28-29-30-31-32-33-34-35-36-37-38-39-40-41-43-45-47-49-51-53-55-65(83)78-60(61(82)54-52-50-48-46-44-42-18-16-14-12-10-8-6-4-2)59-91-75-71(89)68(86)73(63(57-80)93-75)96-77-72(90)69(87)74(64(58-81)94-77)95-76-70(88)67(85)66(84)62(56-79)92-76/h14,16,44,46,52,54,60-64,66-77,79-82,84-90H,3-13,15,17-43,45,47-51,53,55-59H2,1-2H3,(H,78,83)/b16-14+,46-44+,54-52+. The van der Waals surface area contributed by atoms with Gasteiger partial charge in [-0.15, -0.1) is 0 Å². The first-order valence-electron chi connectivity index (χ1n) is 39.2. The molecule has 0 radical (unpaired) electrons. The van der Waals surface area contributed by atoms with Gasteiger partial charge in [0, 0.05) is 6.42 Å². The Hall–Kier alpha value is -1.99. The van der Waals surface area contributed by atoms with Crippen molar-refractivity contribution in [2.24, 2.45) is 0 Å². The Kier molecular flexibility index (Phi) is 53.8. The minimum Gasteiger partial charge on any atom is -0.394 e. The van der Waals surface area contributed by atoms with E-state index in [4.69, 9.17) is 28.4 Å². The fourth-order valence-corrected chi connectivity index (χ4v) is 13.3. The summed E-state index contributed by atoms with van der Waals surface area (Å²) in [6.45, 7) is 1.71. The Balaban J connectivity index is 1.30. The second-order valence-corrected chi connectivity index (χ2v) is 28.2. The molecular formula is C77H143NO18. The molecule has 3 fully saturated rings. The summed E-state index contributed by atoms with van der Waals surface area (Å²) in [5.41, 5.74) is 0. The number of amides is 1. The van der Waals surface area contributed by atoms with Crippen LogP contribution in [0.3, 0.4) is 0 Å². The van der Waals surface area contributed by atoms with Gasteiger partial charge in [-0.3, -0.25) is 4.79 Å². The molecule has 19 nitrogen and oxygen atoms in total. The maximum Gasteiger partial charge on any atom is 0.220 e. The summed E-state index contributed by atoms with van der Waals surface area (Å²) in [7, 11) is 0. The monoisotopic (exact) mass is 1370 g/mol. The van der Waals surface area contributed by atoms with Crippen molar-refractivity contribution in [3.8, 4) is 0 Å². The molecule has 0 bridgehead atoms. The number of unbranched alkanes of at least 4 members (excludes halogenated alkanes) is 42. The molecule has 0 aliphatic carbocycles. The van der Waals surface area contributed by atoms with Crippen LogP contribution in [0.15, 0.2) is 36.5 Å². The minimum absolute atomic E-state index is 0.236. The Morgan fingerprint density at radius 2 is 0.667 bits per heavy atom. The third-order valence-electron chi connectivity index (χ3n) is 19.7. The van der Waals surface area contributed by atoms with Crippen LogP contribution in [-0.4, -0.2) is 193 Å². The molecule has 0 aromatic heterocycles. The number of aliphatic hydroxyl groups is 11. The summed E-state index contributed by atoms with van der Waals surface area (Å²) in [5.74, 6) is -0.285. The molecule has 3 rings (SSSR count). The van der Waals surface area contributed by atoms with Crippen LogP contribution in [0.2, 0.25) is 0 Å². The van der Waals surface area contributed by atoms with E-state index in [9.17, 15) is 61.0 Å². The molecule has 19 heteroatoms. The lowest BCUT2D eigenvalue weighted by molar-refractivity contribution is -0.379. The quantitative estimate of drug-likeness (QED) is 0.0199. The number of aliphatic hydroxyl groups excluding tert-OH is 11. The summed E-state index contributed by atoms with van der Waals surface area (Å²) >= 11 is 0. The fraction of sp³-hybridized carbons (Fsp3) is 0.909. The van der Waals surface area contributed by atoms with Crippen molar-refractivity contribution >= 4 is 5.91 Å². The molecule has 96 heavy (non-hydrogen) atoms. The van der Waals surface area contributed by atoms with E-state index in [0.29, 0.717) is 12.8 Å². The smallest absolute Gasteiger partial charge is 0.220 e. The first kappa shape index (κ1) is 88.2.